The summed E-state index contributed by atoms with van der Waals surface area (Å²) in [4.78, 5) is 4.54. The maximum absolute atomic E-state index is 12.7. The van der Waals surface area contributed by atoms with Crippen molar-refractivity contribution in [1.82, 2.24) is 9.71 Å². The van der Waals surface area contributed by atoms with Gasteiger partial charge in [-0.15, -0.1) is 0 Å². The average Bonchev–Trinajstić information content (AvgIpc) is 3.28. The molecule has 0 fully saturated rings. The SMILES string of the molecule is Cc1ccc(-c2ccc(S(=O)(=O)NCc3cccnc3-c3ccco3)cc2)cc1. The second kappa shape index (κ2) is 8.03. The minimum atomic E-state index is -3.66. The summed E-state index contributed by atoms with van der Waals surface area (Å²) in [5.41, 5.74) is 4.56. The Morgan fingerprint density at radius 1 is 0.897 bits per heavy atom. The summed E-state index contributed by atoms with van der Waals surface area (Å²) in [6.07, 6.45) is 3.22. The quantitative estimate of drug-likeness (QED) is 0.501. The molecule has 0 atom stereocenters. The third-order valence-electron chi connectivity index (χ3n) is 4.65. The van der Waals surface area contributed by atoms with Crippen molar-refractivity contribution in [3.8, 4) is 22.6 Å². The number of hydrogen-bond acceptors (Lipinski definition) is 4. The van der Waals surface area contributed by atoms with Gasteiger partial charge in [-0.25, -0.2) is 13.1 Å². The molecule has 2 heterocycles. The van der Waals surface area contributed by atoms with Gasteiger partial charge in [0.05, 0.1) is 11.2 Å². The normalized spacial score (nSPS) is 11.5. The fourth-order valence-corrected chi connectivity index (χ4v) is 4.05. The number of sulfonamides is 1. The van der Waals surface area contributed by atoms with Crippen LogP contribution in [0.15, 0.2) is 94.6 Å². The van der Waals surface area contributed by atoms with Gasteiger partial charge in [0.25, 0.3) is 0 Å². The first-order chi connectivity index (χ1) is 14.0. The van der Waals surface area contributed by atoms with Crippen LogP contribution >= 0.6 is 0 Å². The number of pyridine rings is 1. The molecule has 146 valence electrons. The second-order valence-electron chi connectivity index (χ2n) is 6.70. The molecule has 4 aromatic rings. The molecule has 2 aromatic carbocycles. The monoisotopic (exact) mass is 404 g/mol. The molecule has 0 radical (unpaired) electrons. The fourth-order valence-electron chi connectivity index (χ4n) is 3.05. The smallest absolute Gasteiger partial charge is 0.240 e. The lowest BCUT2D eigenvalue weighted by Gasteiger charge is -2.10. The fraction of sp³-hybridized carbons (Fsp3) is 0.0870. The largest absolute Gasteiger partial charge is 0.463 e. The number of aryl methyl sites for hydroxylation is 1. The van der Waals surface area contributed by atoms with Crippen molar-refractivity contribution in [3.63, 3.8) is 0 Å². The first-order valence-electron chi connectivity index (χ1n) is 9.17. The molecule has 2 aromatic heterocycles. The summed E-state index contributed by atoms with van der Waals surface area (Å²) >= 11 is 0. The Labute approximate surface area is 170 Å². The molecular formula is C23H20N2O3S. The first kappa shape index (κ1) is 19.1. The standard InChI is InChI=1S/C23H20N2O3S/c1-17-6-8-18(9-7-17)19-10-12-21(13-11-19)29(26,27)25-16-20-4-2-14-24-23(20)22-5-3-15-28-22/h2-15,25H,16H2,1H3. The third kappa shape index (κ3) is 4.29. The van der Waals surface area contributed by atoms with Gasteiger partial charge >= 0.3 is 0 Å². The maximum Gasteiger partial charge on any atom is 0.240 e. The van der Waals surface area contributed by atoms with Gasteiger partial charge in [-0.1, -0.05) is 48.0 Å². The number of benzene rings is 2. The number of aromatic nitrogens is 1. The van der Waals surface area contributed by atoms with Crippen LogP contribution in [0, 0.1) is 6.92 Å². The number of nitrogens with zero attached hydrogens (tertiary/aromatic N) is 1. The Morgan fingerprint density at radius 3 is 2.24 bits per heavy atom. The van der Waals surface area contributed by atoms with E-state index in [-0.39, 0.29) is 11.4 Å². The summed E-state index contributed by atoms with van der Waals surface area (Å²) in [5.74, 6) is 0.599. The molecule has 0 amide bonds. The molecule has 0 spiro atoms. The van der Waals surface area contributed by atoms with Crippen molar-refractivity contribution < 1.29 is 12.8 Å². The molecule has 0 unspecified atom stereocenters. The van der Waals surface area contributed by atoms with Crippen LogP contribution in [0.1, 0.15) is 11.1 Å². The molecule has 0 aliphatic heterocycles. The Hall–Kier alpha value is -3.22. The summed E-state index contributed by atoms with van der Waals surface area (Å²) in [5, 5.41) is 0. The second-order valence-corrected chi connectivity index (χ2v) is 8.47. The maximum atomic E-state index is 12.7. The zero-order valence-corrected chi connectivity index (χ0v) is 16.7. The van der Waals surface area contributed by atoms with Crippen molar-refractivity contribution in [2.45, 2.75) is 18.4 Å². The van der Waals surface area contributed by atoms with Crippen LogP contribution in [0.5, 0.6) is 0 Å². The van der Waals surface area contributed by atoms with Crippen LogP contribution in [-0.4, -0.2) is 13.4 Å². The van der Waals surface area contributed by atoms with Gasteiger partial charge in [0.2, 0.25) is 10.0 Å². The lowest BCUT2D eigenvalue weighted by atomic mass is 10.0. The summed E-state index contributed by atoms with van der Waals surface area (Å²) in [6.45, 7) is 2.15. The number of hydrogen-bond donors (Lipinski definition) is 1. The van der Waals surface area contributed by atoms with Gasteiger partial charge in [-0.3, -0.25) is 4.98 Å². The Morgan fingerprint density at radius 2 is 1.59 bits per heavy atom. The van der Waals surface area contributed by atoms with E-state index in [9.17, 15) is 8.42 Å². The van der Waals surface area contributed by atoms with E-state index >= 15 is 0 Å². The van der Waals surface area contributed by atoms with E-state index in [1.165, 1.54) is 5.56 Å². The molecule has 4 rings (SSSR count). The lowest BCUT2D eigenvalue weighted by Crippen LogP contribution is -2.23. The van der Waals surface area contributed by atoms with Gasteiger partial charge in [0, 0.05) is 12.7 Å². The Kier molecular flexibility index (Phi) is 5.29. The average molecular weight is 404 g/mol. The summed E-state index contributed by atoms with van der Waals surface area (Å²) < 4.78 is 33.5. The van der Waals surface area contributed by atoms with Crippen LogP contribution in [0.25, 0.3) is 22.6 Å². The topological polar surface area (TPSA) is 72.2 Å². The predicted molar refractivity (Wildman–Crippen MR) is 113 cm³/mol. The van der Waals surface area contributed by atoms with Gasteiger partial charge in [0.1, 0.15) is 5.69 Å². The van der Waals surface area contributed by atoms with Crippen LogP contribution < -0.4 is 4.72 Å². The van der Waals surface area contributed by atoms with Gasteiger partial charge in [0.15, 0.2) is 5.76 Å². The highest BCUT2D eigenvalue weighted by molar-refractivity contribution is 7.89. The lowest BCUT2D eigenvalue weighted by molar-refractivity contribution is 0.575. The van der Waals surface area contributed by atoms with E-state index < -0.39 is 10.0 Å². The number of rotatable bonds is 6. The zero-order valence-electron chi connectivity index (χ0n) is 15.9. The van der Waals surface area contributed by atoms with E-state index in [1.807, 2.05) is 49.4 Å². The molecule has 0 bridgehead atoms. The highest BCUT2D eigenvalue weighted by Gasteiger charge is 2.16. The molecule has 0 saturated carbocycles. The van der Waals surface area contributed by atoms with Crippen molar-refractivity contribution in [2.75, 3.05) is 0 Å². The van der Waals surface area contributed by atoms with Gasteiger partial charge in [-0.2, -0.15) is 0 Å². The third-order valence-corrected chi connectivity index (χ3v) is 6.07. The molecule has 0 saturated heterocycles. The molecule has 5 nitrogen and oxygen atoms in total. The molecule has 0 aliphatic rings. The number of nitrogens with one attached hydrogen (secondary N) is 1. The van der Waals surface area contributed by atoms with Crippen molar-refractivity contribution in [2.24, 2.45) is 0 Å². The van der Waals surface area contributed by atoms with E-state index in [1.54, 1.807) is 42.8 Å². The Bertz CT molecular complexity index is 1200. The van der Waals surface area contributed by atoms with Crippen LogP contribution in [0.3, 0.4) is 0 Å². The van der Waals surface area contributed by atoms with Crippen LogP contribution in [-0.2, 0) is 16.6 Å². The molecular weight excluding hydrogens is 384 g/mol. The molecule has 1 N–H and O–H groups in total. The predicted octanol–water partition coefficient (Wildman–Crippen LogP) is 4.80. The van der Waals surface area contributed by atoms with Gasteiger partial charge < -0.3 is 4.42 Å². The summed E-state index contributed by atoms with van der Waals surface area (Å²) in [6, 6.07) is 22.2. The van der Waals surface area contributed by atoms with Crippen molar-refractivity contribution in [1.29, 1.82) is 0 Å². The van der Waals surface area contributed by atoms with Crippen molar-refractivity contribution in [3.05, 3.63) is 96.4 Å². The first-order valence-corrected chi connectivity index (χ1v) is 10.7. The minimum Gasteiger partial charge on any atom is -0.463 e. The highest BCUT2D eigenvalue weighted by atomic mass is 32.2. The van der Waals surface area contributed by atoms with Crippen LogP contribution in [0.4, 0.5) is 0 Å². The Balaban J connectivity index is 1.52. The van der Waals surface area contributed by atoms with E-state index in [0.717, 1.165) is 16.7 Å². The van der Waals surface area contributed by atoms with Gasteiger partial charge in [-0.05, 0) is 53.9 Å². The zero-order chi connectivity index (χ0) is 20.3. The van der Waals surface area contributed by atoms with E-state index in [4.69, 9.17) is 4.42 Å². The highest BCUT2D eigenvalue weighted by Crippen LogP contribution is 2.23. The van der Waals surface area contributed by atoms with Crippen molar-refractivity contribution >= 4 is 10.0 Å². The van der Waals surface area contributed by atoms with E-state index in [2.05, 4.69) is 9.71 Å². The summed E-state index contributed by atoms with van der Waals surface area (Å²) in [7, 11) is -3.66. The molecule has 6 heteroatoms. The minimum absolute atomic E-state index is 0.117. The molecule has 29 heavy (non-hydrogen) atoms. The van der Waals surface area contributed by atoms with E-state index in [0.29, 0.717) is 11.5 Å². The van der Waals surface area contributed by atoms with Crippen LogP contribution in [0.2, 0.25) is 0 Å². The number of furan rings is 1. The molecule has 0 aliphatic carbocycles.